The number of carbonyl (C=O) groups is 2. The van der Waals surface area contributed by atoms with Crippen LogP contribution in [-0.2, 0) is 4.79 Å². The summed E-state index contributed by atoms with van der Waals surface area (Å²) in [5.41, 5.74) is 4.18. The molecule has 180 valence electrons. The van der Waals surface area contributed by atoms with Crippen LogP contribution in [0.15, 0.2) is 97.5 Å². The summed E-state index contributed by atoms with van der Waals surface area (Å²) in [7, 11) is 0. The predicted molar refractivity (Wildman–Crippen MR) is 139 cm³/mol. The quantitative estimate of drug-likeness (QED) is 0.418. The number of hydrogen-bond donors (Lipinski definition) is 1. The van der Waals surface area contributed by atoms with Crippen LogP contribution < -0.4 is 5.32 Å². The molecule has 1 aliphatic rings. The summed E-state index contributed by atoms with van der Waals surface area (Å²) in [4.78, 5) is 31.2. The fourth-order valence-electron chi connectivity index (χ4n) is 4.32. The third-order valence-electron chi connectivity index (χ3n) is 6.28. The number of pyridine rings is 1. The number of benzene rings is 2. The highest BCUT2D eigenvalue weighted by Crippen LogP contribution is 2.25. The molecule has 0 bridgehead atoms. The lowest BCUT2D eigenvalue weighted by atomic mass is 10.0. The van der Waals surface area contributed by atoms with Gasteiger partial charge in [-0.05, 0) is 43.2 Å². The summed E-state index contributed by atoms with van der Waals surface area (Å²) in [6.45, 7) is 1.19. The van der Waals surface area contributed by atoms with E-state index in [9.17, 15) is 9.59 Å². The zero-order valence-corrected chi connectivity index (χ0v) is 19.8. The standard InChI is InChI=1S/C29H27N5O2/c35-27(33-18-15-25(16-19-33)31-29(36)23-10-7-17-30-20-23)14-13-24-21-34(26-11-5-2-6-12-26)32-28(24)22-8-3-1-4-9-22/h1-14,17,20-21,25H,15-16,18-19H2,(H,31,36)/b14-13+. The molecule has 1 fully saturated rings. The number of nitrogens with zero attached hydrogens (tertiary/aromatic N) is 4. The molecule has 2 aromatic carbocycles. The van der Waals surface area contributed by atoms with Gasteiger partial charge in [-0.15, -0.1) is 0 Å². The molecule has 1 aliphatic heterocycles. The van der Waals surface area contributed by atoms with Crippen LogP contribution >= 0.6 is 0 Å². The minimum atomic E-state index is -0.128. The Morgan fingerprint density at radius 1 is 0.917 bits per heavy atom. The van der Waals surface area contributed by atoms with Crippen LogP contribution in [0, 0.1) is 0 Å². The molecule has 7 heteroatoms. The Hall–Kier alpha value is -4.52. The van der Waals surface area contributed by atoms with Crippen molar-refractivity contribution in [2.24, 2.45) is 0 Å². The normalized spacial score (nSPS) is 14.2. The lowest BCUT2D eigenvalue weighted by molar-refractivity contribution is -0.126. The maximum absolute atomic E-state index is 13.0. The molecule has 4 aromatic rings. The third kappa shape index (κ3) is 5.41. The molecule has 2 aromatic heterocycles. The second-order valence-electron chi connectivity index (χ2n) is 8.73. The molecule has 36 heavy (non-hydrogen) atoms. The monoisotopic (exact) mass is 477 g/mol. The molecule has 0 atom stereocenters. The largest absolute Gasteiger partial charge is 0.349 e. The predicted octanol–water partition coefficient (Wildman–Crippen LogP) is 4.37. The number of aromatic nitrogens is 3. The van der Waals surface area contributed by atoms with Crippen LogP contribution in [0.5, 0.6) is 0 Å². The van der Waals surface area contributed by atoms with Crippen molar-refractivity contribution in [1.82, 2.24) is 25.0 Å². The summed E-state index contributed by atoms with van der Waals surface area (Å²) >= 11 is 0. The maximum Gasteiger partial charge on any atom is 0.253 e. The van der Waals surface area contributed by atoms with E-state index in [-0.39, 0.29) is 17.9 Å². The van der Waals surface area contributed by atoms with Gasteiger partial charge in [0.05, 0.1) is 16.9 Å². The number of likely N-dealkylation sites (tertiary alicyclic amines) is 1. The van der Waals surface area contributed by atoms with Gasteiger partial charge in [0.25, 0.3) is 5.91 Å². The summed E-state index contributed by atoms with van der Waals surface area (Å²) in [5.74, 6) is -0.171. The number of piperidine rings is 1. The first-order chi connectivity index (χ1) is 17.7. The van der Waals surface area contributed by atoms with E-state index < -0.39 is 0 Å². The van der Waals surface area contributed by atoms with Crippen LogP contribution in [-0.4, -0.2) is 50.6 Å². The van der Waals surface area contributed by atoms with Gasteiger partial charge in [-0.2, -0.15) is 5.10 Å². The van der Waals surface area contributed by atoms with Crippen molar-refractivity contribution in [3.05, 3.63) is 109 Å². The van der Waals surface area contributed by atoms with Gasteiger partial charge in [0.1, 0.15) is 0 Å². The van der Waals surface area contributed by atoms with E-state index in [2.05, 4.69) is 10.3 Å². The number of rotatable bonds is 6. The Bertz CT molecular complexity index is 1340. The average Bonchev–Trinajstić information content (AvgIpc) is 3.38. The average molecular weight is 478 g/mol. The highest BCUT2D eigenvalue weighted by molar-refractivity contribution is 5.94. The van der Waals surface area contributed by atoms with Crippen LogP contribution in [0.1, 0.15) is 28.8 Å². The molecule has 0 spiro atoms. The highest BCUT2D eigenvalue weighted by atomic mass is 16.2. The molecule has 0 aliphatic carbocycles. The Labute approximate surface area is 210 Å². The van der Waals surface area contributed by atoms with Gasteiger partial charge in [-0.1, -0.05) is 48.5 Å². The Morgan fingerprint density at radius 3 is 2.33 bits per heavy atom. The van der Waals surface area contributed by atoms with Gasteiger partial charge in [0, 0.05) is 54.9 Å². The van der Waals surface area contributed by atoms with Crippen molar-refractivity contribution in [2.45, 2.75) is 18.9 Å². The van der Waals surface area contributed by atoms with Crippen LogP contribution in [0.3, 0.4) is 0 Å². The van der Waals surface area contributed by atoms with Gasteiger partial charge in [-0.25, -0.2) is 4.68 Å². The van der Waals surface area contributed by atoms with E-state index in [0.717, 1.165) is 22.5 Å². The molecular weight excluding hydrogens is 450 g/mol. The molecule has 1 saturated heterocycles. The third-order valence-corrected chi connectivity index (χ3v) is 6.28. The molecule has 5 rings (SSSR count). The Kier molecular flexibility index (Phi) is 6.98. The van der Waals surface area contributed by atoms with Crippen LogP contribution in [0.25, 0.3) is 23.0 Å². The van der Waals surface area contributed by atoms with E-state index in [1.807, 2.05) is 82.5 Å². The molecule has 3 heterocycles. The second kappa shape index (κ2) is 10.8. The van der Waals surface area contributed by atoms with Crippen molar-refractivity contribution in [2.75, 3.05) is 13.1 Å². The van der Waals surface area contributed by atoms with Crippen molar-refractivity contribution in [1.29, 1.82) is 0 Å². The van der Waals surface area contributed by atoms with E-state index in [1.54, 1.807) is 30.6 Å². The maximum atomic E-state index is 13.0. The number of hydrogen-bond acceptors (Lipinski definition) is 4. The molecule has 0 saturated carbocycles. The van der Waals surface area contributed by atoms with Gasteiger partial charge in [-0.3, -0.25) is 14.6 Å². The van der Waals surface area contributed by atoms with E-state index in [1.165, 1.54) is 0 Å². The first-order valence-corrected chi connectivity index (χ1v) is 12.1. The van der Waals surface area contributed by atoms with E-state index >= 15 is 0 Å². The number of carbonyl (C=O) groups excluding carboxylic acids is 2. The molecule has 2 amide bonds. The van der Waals surface area contributed by atoms with E-state index in [0.29, 0.717) is 31.5 Å². The van der Waals surface area contributed by atoms with Gasteiger partial charge in [0.2, 0.25) is 5.91 Å². The lowest BCUT2D eigenvalue weighted by Crippen LogP contribution is -2.46. The SMILES string of the molecule is O=C(NC1CCN(C(=O)/C=C/c2cn(-c3ccccc3)nc2-c2ccccc2)CC1)c1cccnc1. The molecule has 1 N–H and O–H groups in total. The smallest absolute Gasteiger partial charge is 0.253 e. The van der Waals surface area contributed by atoms with Crippen LogP contribution in [0.2, 0.25) is 0 Å². The number of nitrogens with one attached hydrogen (secondary N) is 1. The zero-order chi connectivity index (χ0) is 24.7. The summed E-state index contributed by atoms with van der Waals surface area (Å²) in [6, 6.07) is 23.4. The minimum Gasteiger partial charge on any atom is -0.349 e. The lowest BCUT2D eigenvalue weighted by Gasteiger charge is -2.31. The first-order valence-electron chi connectivity index (χ1n) is 12.1. The number of amides is 2. The molecular formula is C29H27N5O2. The fourth-order valence-corrected chi connectivity index (χ4v) is 4.32. The van der Waals surface area contributed by atoms with Gasteiger partial charge < -0.3 is 10.2 Å². The Balaban J connectivity index is 1.25. The zero-order valence-electron chi connectivity index (χ0n) is 19.8. The van der Waals surface area contributed by atoms with E-state index in [4.69, 9.17) is 5.10 Å². The number of para-hydroxylation sites is 1. The molecule has 7 nitrogen and oxygen atoms in total. The first kappa shape index (κ1) is 23.2. The Morgan fingerprint density at radius 2 is 1.64 bits per heavy atom. The van der Waals surface area contributed by atoms with Crippen molar-refractivity contribution in [3.63, 3.8) is 0 Å². The molecule has 0 radical (unpaired) electrons. The minimum absolute atomic E-state index is 0.0412. The van der Waals surface area contributed by atoms with Gasteiger partial charge in [0.15, 0.2) is 0 Å². The van der Waals surface area contributed by atoms with Crippen molar-refractivity contribution in [3.8, 4) is 16.9 Å². The summed E-state index contributed by atoms with van der Waals surface area (Å²) in [5, 5.41) is 7.85. The topological polar surface area (TPSA) is 80.1 Å². The molecule has 0 unspecified atom stereocenters. The summed E-state index contributed by atoms with van der Waals surface area (Å²) in [6.07, 6.45) is 10.0. The fraction of sp³-hybridized carbons (Fsp3) is 0.172. The van der Waals surface area contributed by atoms with Gasteiger partial charge >= 0.3 is 0 Å². The van der Waals surface area contributed by atoms with Crippen molar-refractivity contribution >= 4 is 17.9 Å². The van der Waals surface area contributed by atoms with Crippen molar-refractivity contribution < 1.29 is 9.59 Å². The summed E-state index contributed by atoms with van der Waals surface area (Å²) < 4.78 is 1.84. The van der Waals surface area contributed by atoms with Crippen LogP contribution in [0.4, 0.5) is 0 Å². The second-order valence-corrected chi connectivity index (χ2v) is 8.73. The highest BCUT2D eigenvalue weighted by Gasteiger charge is 2.23.